The second kappa shape index (κ2) is 17.0. The highest BCUT2D eigenvalue weighted by Crippen LogP contribution is 2.19. The van der Waals surface area contributed by atoms with Crippen LogP contribution in [0.2, 0.25) is 10.0 Å². The van der Waals surface area contributed by atoms with Gasteiger partial charge in [0.05, 0.1) is 0 Å². The van der Waals surface area contributed by atoms with Crippen LogP contribution in [0.1, 0.15) is 47.9 Å². The largest absolute Gasteiger partial charge is 0.316 e. The second-order valence-electron chi connectivity index (χ2n) is 8.40. The number of hydrogen-bond donors (Lipinski definition) is 1. The van der Waals surface area contributed by atoms with Crippen molar-refractivity contribution < 1.29 is 9.59 Å². The number of aryl methyl sites for hydroxylation is 2. The molecule has 0 unspecified atom stereocenters. The SMILES string of the molecule is Cc1cc(CBr)ccc1Cl.Cc1cc(CN2CCC(=O)CC2)ccc1Cl.I.O=C1CCNCC1. The van der Waals surface area contributed by atoms with Crippen LogP contribution in [0.25, 0.3) is 0 Å². The molecular formula is C26H34BrCl2IN2O2. The van der Waals surface area contributed by atoms with Crippen molar-refractivity contribution in [2.24, 2.45) is 0 Å². The summed E-state index contributed by atoms with van der Waals surface area (Å²) in [7, 11) is 0. The van der Waals surface area contributed by atoms with E-state index in [4.69, 9.17) is 23.2 Å². The maximum Gasteiger partial charge on any atom is 0.135 e. The van der Waals surface area contributed by atoms with Crippen LogP contribution in [0.5, 0.6) is 0 Å². The molecule has 0 aromatic heterocycles. The van der Waals surface area contributed by atoms with E-state index in [9.17, 15) is 9.59 Å². The van der Waals surface area contributed by atoms with Gasteiger partial charge in [-0.05, 0) is 48.2 Å². The van der Waals surface area contributed by atoms with Gasteiger partial charge in [-0.25, -0.2) is 0 Å². The summed E-state index contributed by atoms with van der Waals surface area (Å²) in [6.07, 6.45) is 2.87. The fourth-order valence-corrected chi connectivity index (χ4v) is 4.10. The lowest BCUT2D eigenvalue weighted by Crippen LogP contribution is -2.33. The minimum Gasteiger partial charge on any atom is -0.316 e. The molecule has 0 aliphatic carbocycles. The first-order valence-corrected chi connectivity index (χ1v) is 13.2. The van der Waals surface area contributed by atoms with Crippen LogP contribution >= 0.6 is 63.1 Å². The van der Waals surface area contributed by atoms with E-state index in [1.807, 2.05) is 32.0 Å². The second-order valence-corrected chi connectivity index (χ2v) is 9.78. The summed E-state index contributed by atoms with van der Waals surface area (Å²) < 4.78 is 0. The number of likely N-dealkylation sites (tertiary alicyclic amines) is 1. The molecule has 8 heteroatoms. The zero-order valence-electron chi connectivity index (χ0n) is 19.8. The molecule has 4 nitrogen and oxygen atoms in total. The van der Waals surface area contributed by atoms with Crippen molar-refractivity contribution in [1.29, 1.82) is 0 Å². The average Bonchev–Trinajstić information content (AvgIpc) is 2.81. The van der Waals surface area contributed by atoms with E-state index in [0.29, 0.717) is 24.4 Å². The molecule has 34 heavy (non-hydrogen) atoms. The van der Waals surface area contributed by atoms with Crippen LogP contribution in [0, 0.1) is 13.8 Å². The molecule has 4 rings (SSSR count). The monoisotopic (exact) mass is 682 g/mol. The van der Waals surface area contributed by atoms with Gasteiger partial charge in [-0.2, -0.15) is 0 Å². The zero-order valence-corrected chi connectivity index (χ0v) is 25.3. The van der Waals surface area contributed by atoms with E-state index in [2.05, 4.69) is 44.3 Å². The molecule has 0 spiro atoms. The van der Waals surface area contributed by atoms with Crippen molar-refractivity contribution >= 4 is 74.7 Å². The Morgan fingerprint density at radius 2 is 1.29 bits per heavy atom. The van der Waals surface area contributed by atoms with Gasteiger partial charge in [0.2, 0.25) is 0 Å². The van der Waals surface area contributed by atoms with Crippen molar-refractivity contribution in [1.82, 2.24) is 10.2 Å². The van der Waals surface area contributed by atoms with Crippen LogP contribution in [-0.4, -0.2) is 42.6 Å². The molecule has 0 amide bonds. The third-order valence-corrected chi connectivity index (χ3v) is 7.08. The fourth-order valence-electron chi connectivity index (χ4n) is 3.52. The molecule has 2 heterocycles. The van der Waals surface area contributed by atoms with E-state index < -0.39 is 0 Å². The van der Waals surface area contributed by atoms with Crippen LogP contribution in [0.3, 0.4) is 0 Å². The lowest BCUT2D eigenvalue weighted by atomic mass is 10.1. The maximum absolute atomic E-state index is 11.1. The molecule has 0 bridgehead atoms. The Balaban J connectivity index is 0.000000275. The quantitative estimate of drug-likeness (QED) is 0.282. The van der Waals surface area contributed by atoms with Gasteiger partial charge < -0.3 is 5.32 Å². The van der Waals surface area contributed by atoms with Crippen LogP contribution in [0.15, 0.2) is 36.4 Å². The molecule has 0 radical (unpaired) electrons. The highest BCUT2D eigenvalue weighted by atomic mass is 127. The minimum atomic E-state index is 0. The van der Waals surface area contributed by atoms with Gasteiger partial charge in [0, 0.05) is 73.8 Å². The number of hydrogen-bond acceptors (Lipinski definition) is 4. The van der Waals surface area contributed by atoms with E-state index in [0.717, 1.165) is 72.1 Å². The standard InChI is InChI=1S/C13H16ClNO.C8H8BrCl.C5H9NO.HI/c1-10-8-11(2-3-13(10)14)9-15-6-4-12(16)5-7-15;1-6-4-7(5-9)2-3-8(6)10;7-5-1-3-6-4-2-5;/h2-3,8H,4-7,9H2,1H3;2-4H,5H2,1H3;6H,1-4H2;1H. The number of piperidine rings is 2. The van der Waals surface area contributed by atoms with Crippen molar-refractivity contribution in [2.75, 3.05) is 26.2 Å². The van der Waals surface area contributed by atoms with Gasteiger partial charge in [0.1, 0.15) is 11.6 Å². The summed E-state index contributed by atoms with van der Waals surface area (Å²) in [5.41, 5.74) is 4.80. The number of Topliss-reactive ketones (excluding diaryl/α,β-unsaturated/α-hetero) is 2. The van der Waals surface area contributed by atoms with Crippen LogP contribution < -0.4 is 5.32 Å². The summed E-state index contributed by atoms with van der Waals surface area (Å²) in [5.74, 6) is 0.794. The highest BCUT2D eigenvalue weighted by Gasteiger charge is 2.16. The van der Waals surface area contributed by atoms with Gasteiger partial charge >= 0.3 is 0 Å². The lowest BCUT2D eigenvalue weighted by Gasteiger charge is -2.25. The predicted octanol–water partition coefficient (Wildman–Crippen LogP) is 6.91. The maximum atomic E-state index is 11.1. The summed E-state index contributed by atoms with van der Waals surface area (Å²) >= 11 is 15.2. The van der Waals surface area contributed by atoms with E-state index in [1.165, 1.54) is 11.1 Å². The highest BCUT2D eigenvalue weighted by molar-refractivity contribution is 14.0. The van der Waals surface area contributed by atoms with Crippen LogP contribution in [0.4, 0.5) is 0 Å². The molecule has 0 atom stereocenters. The third kappa shape index (κ3) is 12.0. The Hall–Kier alpha value is -0.510. The molecule has 1 N–H and O–H groups in total. The van der Waals surface area contributed by atoms with Crippen molar-refractivity contribution in [2.45, 2.75) is 51.4 Å². The Labute approximate surface area is 239 Å². The first-order chi connectivity index (χ1) is 15.8. The normalized spacial score (nSPS) is 15.9. The number of alkyl halides is 1. The molecule has 2 saturated heterocycles. The van der Waals surface area contributed by atoms with Gasteiger partial charge in [0.25, 0.3) is 0 Å². The Bertz CT molecular complexity index is 925. The Morgan fingerprint density at radius 1 is 0.824 bits per heavy atom. The molecule has 2 fully saturated rings. The number of carbonyl (C=O) groups excluding carboxylic acids is 2. The molecule has 2 aliphatic rings. The topological polar surface area (TPSA) is 49.4 Å². The number of benzene rings is 2. The smallest absolute Gasteiger partial charge is 0.135 e. The summed E-state index contributed by atoms with van der Waals surface area (Å²) in [6, 6.07) is 12.2. The summed E-state index contributed by atoms with van der Waals surface area (Å²) in [4.78, 5) is 23.9. The van der Waals surface area contributed by atoms with Crippen LogP contribution in [-0.2, 0) is 21.5 Å². The first kappa shape index (κ1) is 31.5. The first-order valence-electron chi connectivity index (χ1n) is 11.3. The van der Waals surface area contributed by atoms with E-state index >= 15 is 0 Å². The number of halogens is 4. The van der Waals surface area contributed by atoms with E-state index in [-0.39, 0.29) is 24.0 Å². The van der Waals surface area contributed by atoms with Crippen molar-refractivity contribution in [3.05, 3.63) is 68.7 Å². The molecule has 2 aromatic rings. The number of nitrogens with one attached hydrogen (secondary N) is 1. The van der Waals surface area contributed by atoms with E-state index in [1.54, 1.807) is 0 Å². The number of carbonyl (C=O) groups is 2. The van der Waals surface area contributed by atoms with Crippen molar-refractivity contribution in [3.8, 4) is 0 Å². The van der Waals surface area contributed by atoms with Gasteiger partial charge in [-0.15, -0.1) is 24.0 Å². The molecule has 2 aliphatic heterocycles. The predicted molar refractivity (Wildman–Crippen MR) is 157 cm³/mol. The minimum absolute atomic E-state index is 0. The fraction of sp³-hybridized carbons (Fsp3) is 0.462. The molecule has 188 valence electrons. The van der Waals surface area contributed by atoms with Gasteiger partial charge in [-0.3, -0.25) is 14.5 Å². The lowest BCUT2D eigenvalue weighted by molar-refractivity contribution is -0.121. The third-order valence-electron chi connectivity index (χ3n) is 5.58. The van der Waals surface area contributed by atoms with Gasteiger partial charge in [-0.1, -0.05) is 63.4 Å². The molecule has 2 aromatic carbocycles. The van der Waals surface area contributed by atoms with Gasteiger partial charge in [0.15, 0.2) is 0 Å². The molecule has 0 saturated carbocycles. The number of nitrogens with zero attached hydrogens (tertiary/aromatic N) is 1. The number of rotatable bonds is 3. The average molecular weight is 684 g/mol. The van der Waals surface area contributed by atoms with Crippen molar-refractivity contribution in [3.63, 3.8) is 0 Å². The number of ketones is 2. The Kier molecular flexibility index (Phi) is 15.8. The summed E-state index contributed by atoms with van der Waals surface area (Å²) in [6.45, 7) is 8.50. The zero-order chi connectivity index (χ0) is 24.2. The summed E-state index contributed by atoms with van der Waals surface area (Å²) in [5, 5.41) is 5.64. The molecular weight excluding hydrogens is 650 g/mol. The Morgan fingerprint density at radius 3 is 1.74 bits per heavy atom.